The van der Waals surface area contributed by atoms with E-state index in [0.717, 1.165) is 0 Å². The minimum absolute atomic E-state index is 0.0683. The molecule has 0 aliphatic heterocycles. The SMILES string of the molecule is COC(=O)CC[C@H](NC(=O)N(C)C(C)(C)CO)C(=O)O. The largest absolute Gasteiger partial charge is 0.480 e. The summed E-state index contributed by atoms with van der Waals surface area (Å²) in [5, 5.41) is 20.5. The molecular formula is C12H22N2O6. The number of nitrogens with one attached hydrogen (secondary N) is 1. The summed E-state index contributed by atoms with van der Waals surface area (Å²) in [5.41, 5.74) is -0.824. The molecule has 0 aliphatic rings. The van der Waals surface area contributed by atoms with E-state index in [4.69, 9.17) is 10.2 Å². The molecule has 3 N–H and O–H groups in total. The molecule has 1 atom stereocenters. The van der Waals surface area contributed by atoms with Gasteiger partial charge in [-0.05, 0) is 20.3 Å². The number of aliphatic hydroxyl groups is 1. The molecule has 116 valence electrons. The van der Waals surface area contributed by atoms with Crippen LogP contribution in [0.5, 0.6) is 0 Å². The van der Waals surface area contributed by atoms with Gasteiger partial charge in [-0.1, -0.05) is 0 Å². The molecule has 0 unspecified atom stereocenters. The van der Waals surface area contributed by atoms with Crippen molar-refractivity contribution in [2.75, 3.05) is 20.8 Å². The van der Waals surface area contributed by atoms with E-state index in [2.05, 4.69) is 10.1 Å². The molecule has 0 saturated heterocycles. The Morgan fingerprint density at radius 3 is 2.30 bits per heavy atom. The fourth-order valence-electron chi connectivity index (χ4n) is 1.25. The highest BCUT2D eigenvalue weighted by Crippen LogP contribution is 2.11. The zero-order chi connectivity index (χ0) is 15.9. The molecule has 0 aliphatic carbocycles. The Balaban J connectivity index is 4.64. The predicted molar refractivity (Wildman–Crippen MR) is 70.1 cm³/mol. The number of urea groups is 1. The number of hydrogen-bond donors (Lipinski definition) is 3. The number of rotatable bonds is 7. The fraction of sp³-hybridized carbons (Fsp3) is 0.750. The standard InChI is InChI=1S/C12H22N2O6/c1-12(2,7-15)14(3)11(19)13-8(10(17)18)5-6-9(16)20-4/h8,15H,5-7H2,1-4H3,(H,13,19)(H,17,18)/t8-/m0/s1. The van der Waals surface area contributed by atoms with Crippen LogP contribution in [-0.4, -0.2) is 65.4 Å². The third kappa shape index (κ3) is 5.43. The lowest BCUT2D eigenvalue weighted by atomic mass is 10.1. The molecule has 0 bridgehead atoms. The lowest BCUT2D eigenvalue weighted by molar-refractivity contribution is -0.142. The van der Waals surface area contributed by atoms with Gasteiger partial charge in [0, 0.05) is 13.5 Å². The number of aliphatic carboxylic acids is 1. The maximum atomic E-state index is 11.9. The van der Waals surface area contributed by atoms with E-state index in [1.165, 1.54) is 19.1 Å². The first-order chi connectivity index (χ1) is 9.15. The van der Waals surface area contributed by atoms with Gasteiger partial charge in [0.15, 0.2) is 0 Å². The molecule has 8 nitrogen and oxygen atoms in total. The summed E-state index contributed by atoms with van der Waals surface area (Å²) in [4.78, 5) is 35.1. The molecule has 8 heteroatoms. The Hall–Kier alpha value is -1.83. The van der Waals surface area contributed by atoms with Gasteiger partial charge in [0.25, 0.3) is 0 Å². The Morgan fingerprint density at radius 1 is 1.35 bits per heavy atom. The average molecular weight is 290 g/mol. The number of amides is 2. The minimum Gasteiger partial charge on any atom is -0.480 e. The fourth-order valence-corrected chi connectivity index (χ4v) is 1.25. The quantitative estimate of drug-likeness (QED) is 0.559. The van der Waals surface area contributed by atoms with Gasteiger partial charge in [-0.3, -0.25) is 4.79 Å². The van der Waals surface area contributed by atoms with Gasteiger partial charge in [0.05, 0.1) is 19.3 Å². The van der Waals surface area contributed by atoms with Crippen molar-refractivity contribution >= 4 is 18.0 Å². The number of esters is 1. The van der Waals surface area contributed by atoms with E-state index >= 15 is 0 Å². The van der Waals surface area contributed by atoms with Gasteiger partial charge in [0.2, 0.25) is 0 Å². The Labute approximate surface area is 117 Å². The van der Waals surface area contributed by atoms with E-state index in [1.807, 2.05) is 0 Å². The van der Waals surface area contributed by atoms with Crippen molar-refractivity contribution in [1.29, 1.82) is 0 Å². The van der Waals surface area contributed by atoms with E-state index in [9.17, 15) is 14.4 Å². The smallest absolute Gasteiger partial charge is 0.326 e. The van der Waals surface area contributed by atoms with Crippen LogP contribution in [0.15, 0.2) is 0 Å². The zero-order valence-electron chi connectivity index (χ0n) is 12.2. The number of aliphatic hydroxyl groups excluding tert-OH is 1. The maximum absolute atomic E-state index is 11.9. The molecule has 0 radical (unpaired) electrons. The number of carboxylic acids is 1. The van der Waals surface area contributed by atoms with Crippen molar-refractivity contribution in [2.45, 2.75) is 38.3 Å². The molecule has 0 fully saturated rings. The van der Waals surface area contributed by atoms with Crippen LogP contribution in [0.2, 0.25) is 0 Å². The molecule has 0 heterocycles. The third-order valence-electron chi connectivity index (χ3n) is 3.06. The van der Waals surface area contributed by atoms with Crippen molar-refractivity contribution in [3.63, 3.8) is 0 Å². The van der Waals surface area contributed by atoms with E-state index in [1.54, 1.807) is 13.8 Å². The number of carbonyl (C=O) groups excluding carboxylic acids is 2. The highest BCUT2D eigenvalue weighted by atomic mass is 16.5. The van der Waals surface area contributed by atoms with Crippen LogP contribution >= 0.6 is 0 Å². The summed E-state index contributed by atoms with van der Waals surface area (Å²) in [6.45, 7) is 3.00. The average Bonchev–Trinajstić information content (AvgIpc) is 2.41. The molecule has 0 rings (SSSR count). The topological polar surface area (TPSA) is 116 Å². The normalized spacial score (nSPS) is 12.4. The number of ether oxygens (including phenoxy) is 1. The summed E-state index contributed by atoms with van der Waals surface area (Å²) >= 11 is 0. The predicted octanol–water partition coefficient (Wildman–Crippen LogP) is -0.195. The van der Waals surface area contributed by atoms with Crippen LogP contribution in [-0.2, 0) is 14.3 Å². The summed E-state index contributed by atoms with van der Waals surface area (Å²) in [6, 6.07) is -1.83. The number of methoxy groups -OCH3 is 1. The molecule has 0 spiro atoms. The molecule has 0 aromatic carbocycles. The second-order valence-corrected chi connectivity index (χ2v) is 4.98. The van der Waals surface area contributed by atoms with Crippen LogP contribution in [0, 0.1) is 0 Å². The molecule has 2 amide bonds. The third-order valence-corrected chi connectivity index (χ3v) is 3.06. The highest BCUT2D eigenvalue weighted by Gasteiger charge is 2.30. The summed E-state index contributed by atoms with van der Waals surface area (Å²) in [5.74, 6) is -1.79. The first-order valence-electron chi connectivity index (χ1n) is 6.10. The Bertz CT molecular complexity index is 369. The van der Waals surface area contributed by atoms with Crippen LogP contribution in [0.1, 0.15) is 26.7 Å². The molecule has 20 heavy (non-hydrogen) atoms. The summed E-state index contributed by atoms with van der Waals surface area (Å²) < 4.78 is 4.42. The Kier molecular flexibility index (Phi) is 6.98. The molecule has 0 saturated carbocycles. The summed E-state index contributed by atoms with van der Waals surface area (Å²) in [6.07, 6.45) is -0.179. The Morgan fingerprint density at radius 2 is 1.90 bits per heavy atom. The van der Waals surface area contributed by atoms with Gasteiger partial charge in [-0.15, -0.1) is 0 Å². The first kappa shape index (κ1) is 18.2. The number of likely N-dealkylation sites (N-methyl/N-ethyl adjacent to an activating group) is 1. The minimum atomic E-state index is -1.24. The number of hydrogen-bond acceptors (Lipinski definition) is 5. The van der Waals surface area contributed by atoms with Crippen molar-refractivity contribution in [3.05, 3.63) is 0 Å². The van der Waals surface area contributed by atoms with E-state index in [0.29, 0.717) is 0 Å². The van der Waals surface area contributed by atoms with Gasteiger partial charge < -0.3 is 25.2 Å². The monoisotopic (exact) mass is 290 g/mol. The second kappa shape index (κ2) is 7.68. The van der Waals surface area contributed by atoms with Crippen molar-refractivity contribution < 1.29 is 29.3 Å². The second-order valence-electron chi connectivity index (χ2n) is 4.98. The number of nitrogens with zero attached hydrogens (tertiary/aromatic N) is 1. The number of carboxylic acid groups (broad SMARTS) is 1. The van der Waals surface area contributed by atoms with Crippen LogP contribution in [0.3, 0.4) is 0 Å². The number of carbonyl (C=O) groups is 3. The van der Waals surface area contributed by atoms with Gasteiger partial charge in [-0.2, -0.15) is 0 Å². The van der Waals surface area contributed by atoms with Crippen LogP contribution in [0.4, 0.5) is 4.79 Å². The molecule has 0 aromatic heterocycles. The van der Waals surface area contributed by atoms with E-state index in [-0.39, 0.29) is 19.4 Å². The molecular weight excluding hydrogens is 268 g/mol. The van der Waals surface area contributed by atoms with Crippen molar-refractivity contribution in [2.24, 2.45) is 0 Å². The molecule has 0 aromatic rings. The van der Waals surface area contributed by atoms with E-state index < -0.39 is 29.6 Å². The lowest BCUT2D eigenvalue weighted by Gasteiger charge is -2.34. The van der Waals surface area contributed by atoms with Crippen LogP contribution < -0.4 is 5.32 Å². The van der Waals surface area contributed by atoms with Crippen LogP contribution in [0.25, 0.3) is 0 Å². The zero-order valence-corrected chi connectivity index (χ0v) is 12.2. The first-order valence-corrected chi connectivity index (χ1v) is 6.10. The van der Waals surface area contributed by atoms with Crippen molar-refractivity contribution in [3.8, 4) is 0 Å². The van der Waals surface area contributed by atoms with Gasteiger partial charge in [0.1, 0.15) is 6.04 Å². The lowest BCUT2D eigenvalue weighted by Crippen LogP contribution is -2.55. The van der Waals surface area contributed by atoms with Gasteiger partial charge >= 0.3 is 18.0 Å². The highest BCUT2D eigenvalue weighted by molar-refractivity contribution is 5.83. The summed E-state index contributed by atoms with van der Waals surface area (Å²) in [7, 11) is 2.65. The van der Waals surface area contributed by atoms with Crippen molar-refractivity contribution in [1.82, 2.24) is 10.2 Å². The van der Waals surface area contributed by atoms with Gasteiger partial charge in [-0.25, -0.2) is 9.59 Å². The maximum Gasteiger partial charge on any atom is 0.326 e.